The summed E-state index contributed by atoms with van der Waals surface area (Å²) in [7, 11) is -3.47. The summed E-state index contributed by atoms with van der Waals surface area (Å²) < 4.78 is 31.3. The van der Waals surface area contributed by atoms with Crippen molar-refractivity contribution in [2.45, 2.75) is 38.3 Å². The number of fused-ring (bicyclic) bond motifs is 1. The summed E-state index contributed by atoms with van der Waals surface area (Å²) in [6.45, 7) is 2.76. The van der Waals surface area contributed by atoms with Crippen LogP contribution < -0.4 is 9.04 Å². The second kappa shape index (κ2) is 6.03. The number of para-hydroxylation sites is 2. The molecule has 0 N–H and O–H groups in total. The SMILES string of the molecule is CC1CCCCN1C(=O)C1CN(S(C)(=O)=O)c2ccccc2O1. The number of carbonyl (C=O) groups is 1. The zero-order chi connectivity index (χ0) is 16.6. The molecule has 0 aliphatic carbocycles. The van der Waals surface area contributed by atoms with Crippen LogP contribution in [0.4, 0.5) is 5.69 Å². The molecule has 0 radical (unpaired) electrons. The molecule has 2 aliphatic heterocycles. The number of benzene rings is 1. The van der Waals surface area contributed by atoms with E-state index in [4.69, 9.17) is 4.74 Å². The number of ether oxygens (including phenoxy) is 1. The molecule has 1 aromatic rings. The van der Waals surface area contributed by atoms with Crippen molar-refractivity contribution in [3.63, 3.8) is 0 Å². The first-order valence-electron chi connectivity index (χ1n) is 7.92. The Morgan fingerprint density at radius 1 is 1.26 bits per heavy atom. The number of likely N-dealkylation sites (tertiary alicyclic amines) is 1. The van der Waals surface area contributed by atoms with E-state index in [1.54, 1.807) is 24.3 Å². The number of anilines is 1. The van der Waals surface area contributed by atoms with Gasteiger partial charge in [0.1, 0.15) is 5.75 Å². The summed E-state index contributed by atoms with van der Waals surface area (Å²) in [5, 5.41) is 0. The summed E-state index contributed by atoms with van der Waals surface area (Å²) in [6, 6.07) is 7.10. The van der Waals surface area contributed by atoms with Crippen LogP contribution in [-0.4, -0.2) is 50.7 Å². The second-order valence-electron chi connectivity index (χ2n) is 6.24. The molecule has 0 spiro atoms. The first-order chi connectivity index (χ1) is 10.9. The number of amides is 1. The first-order valence-corrected chi connectivity index (χ1v) is 9.76. The van der Waals surface area contributed by atoms with Crippen molar-refractivity contribution in [3.8, 4) is 5.75 Å². The van der Waals surface area contributed by atoms with Gasteiger partial charge in [-0.25, -0.2) is 8.42 Å². The first kappa shape index (κ1) is 16.1. The number of nitrogens with zero attached hydrogens (tertiary/aromatic N) is 2. The van der Waals surface area contributed by atoms with Crippen LogP contribution >= 0.6 is 0 Å². The molecule has 0 aromatic heterocycles. The van der Waals surface area contributed by atoms with Gasteiger partial charge in [0.2, 0.25) is 10.0 Å². The monoisotopic (exact) mass is 338 g/mol. The van der Waals surface area contributed by atoms with E-state index in [0.29, 0.717) is 18.0 Å². The van der Waals surface area contributed by atoms with Crippen LogP contribution in [0.5, 0.6) is 5.75 Å². The van der Waals surface area contributed by atoms with Gasteiger partial charge in [0, 0.05) is 12.6 Å². The Morgan fingerprint density at radius 3 is 2.70 bits per heavy atom. The minimum Gasteiger partial charge on any atom is -0.476 e. The minimum absolute atomic E-state index is 0.0257. The molecule has 0 saturated carbocycles. The molecule has 6 nitrogen and oxygen atoms in total. The van der Waals surface area contributed by atoms with Crippen molar-refractivity contribution in [2.24, 2.45) is 0 Å². The van der Waals surface area contributed by atoms with Crippen molar-refractivity contribution in [3.05, 3.63) is 24.3 Å². The molecule has 2 heterocycles. The van der Waals surface area contributed by atoms with Gasteiger partial charge in [0.05, 0.1) is 18.5 Å². The molecule has 1 fully saturated rings. The van der Waals surface area contributed by atoms with Crippen LogP contribution in [0.1, 0.15) is 26.2 Å². The average molecular weight is 338 g/mol. The van der Waals surface area contributed by atoms with Gasteiger partial charge < -0.3 is 9.64 Å². The minimum atomic E-state index is -3.47. The zero-order valence-electron chi connectivity index (χ0n) is 13.4. The standard InChI is InChI=1S/C16H22N2O4S/c1-12-7-5-6-10-17(12)16(19)15-11-18(23(2,20)21)13-8-3-4-9-14(13)22-15/h3-4,8-9,12,15H,5-7,10-11H2,1-2H3. The molecule has 2 unspecified atom stereocenters. The van der Waals surface area contributed by atoms with Crippen LogP contribution in [0.15, 0.2) is 24.3 Å². The lowest BCUT2D eigenvalue weighted by Gasteiger charge is -2.39. The third-order valence-corrected chi connectivity index (χ3v) is 5.64. The number of rotatable bonds is 2. The maximum absolute atomic E-state index is 12.8. The molecular weight excluding hydrogens is 316 g/mol. The molecular formula is C16H22N2O4S. The summed E-state index contributed by atoms with van der Waals surface area (Å²) in [5.74, 6) is 0.313. The van der Waals surface area contributed by atoms with Crippen molar-refractivity contribution in [1.29, 1.82) is 0 Å². The van der Waals surface area contributed by atoms with E-state index in [1.165, 1.54) is 4.31 Å². The Balaban J connectivity index is 1.89. The quantitative estimate of drug-likeness (QED) is 0.822. The van der Waals surface area contributed by atoms with Gasteiger partial charge in [-0.2, -0.15) is 0 Å². The third-order valence-electron chi connectivity index (χ3n) is 4.50. The fraction of sp³-hybridized carbons (Fsp3) is 0.562. The Morgan fingerprint density at radius 2 is 2.00 bits per heavy atom. The molecule has 1 aromatic carbocycles. The lowest BCUT2D eigenvalue weighted by molar-refractivity contribution is -0.141. The summed E-state index contributed by atoms with van der Waals surface area (Å²) in [4.78, 5) is 14.6. The van der Waals surface area contributed by atoms with E-state index in [-0.39, 0.29) is 18.5 Å². The Bertz CT molecular complexity index is 704. The topological polar surface area (TPSA) is 66.9 Å². The Labute approximate surface area is 137 Å². The number of carbonyl (C=O) groups excluding carboxylic acids is 1. The summed E-state index contributed by atoms with van der Waals surface area (Å²) in [6.07, 6.45) is 3.44. The third kappa shape index (κ3) is 3.15. The highest BCUT2D eigenvalue weighted by Crippen LogP contribution is 2.35. The van der Waals surface area contributed by atoms with Gasteiger partial charge in [0.15, 0.2) is 6.10 Å². The highest BCUT2D eigenvalue weighted by molar-refractivity contribution is 7.92. The van der Waals surface area contributed by atoms with E-state index in [0.717, 1.165) is 25.5 Å². The van der Waals surface area contributed by atoms with E-state index in [9.17, 15) is 13.2 Å². The molecule has 7 heteroatoms. The fourth-order valence-electron chi connectivity index (χ4n) is 3.26. The molecule has 126 valence electrons. The zero-order valence-corrected chi connectivity index (χ0v) is 14.3. The van der Waals surface area contributed by atoms with E-state index >= 15 is 0 Å². The van der Waals surface area contributed by atoms with E-state index in [2.05, 4.69) is 0 Å². The van der Waals surface area contributed by atoms with Crippen molar-refractivity contribution in [1.82, 2.24) is 4.90 Å². The normalized spacial score (nSPS) is 24.8. The predicted molar refractivity (Wildman–Crippen MR) is 88.1 cm³/mol. The van der Waals surface area contributed by atoms with Gasteiger partial charge in [-0.05, 0) is 38.3 Å². The summed E-state index contributed by atoms with van der Waals surface area (Å²) in [5.41, 5.74) is 0.491. The molecule has 0 bridgehead atoms. The molecule has 2 aliphatic rings. The maximum Gasteiger partial charge on any atom is 0.265 e. The largest absolute Gasteiger partial charge is 0.476 e. The van der Waals surface area contributed by atoms with E-state index < -0.39 is 16.1 Å². The number of hydrogen-bond acceptors (Lipinski definition) is 4. The Hall–Kier alpha value is -1.76. The molecule has 23 heavy (non-hydrogen) atoms. The smallest absolute Gasteiger partial charge is 0.265 e. The maximum atomic E-state index is 12.8. The highest BCUT2D eigenvalue weighted by Gasteiger charge is 2.38. The number of piperidine rings is 1. The average Bonchev–Trinajstić information content (AvgIpc) is 2.52. The van der Waals surface area contributed by atoms with Gasteiger partial charge in [-0.1, -0.05) is 12.1 Å². The fourth-order valence-corrected chi connectivity index (χ4v) is 4.17. The van der Waals surface area contributed by atoms with Gasteiger partial charge in [-0.15, -0.1) is 0 Å². The van der Waals surface area contributed by atoms with Crippen LogP contribution in [0, 0.1) is 0 Å². The van der Waals surface area contributed by atoms with Gasteiger partial charge in [-0.3, -0.25) is 9.10 Å². The van der Waals surface area contributed by atoms with Crippen molar-refractivity contribution in [2.75, 3.05) is 23.7 Å². The van der Waals surface area contributed by atoms with Gasteiger partial charge in [0.25, 0.3) is 5.91 Å². The van der Waals surface area contributed by atoms with Crippen LogP contribution in [0.25, 0.3) is 0 Å². The van der Waals surface area contributed by atoms with Crippen LogP contribution in [0.2, 0.25) is 0 Å². The second-order valence-corrected chi connectivity index (χ2v) is 8.15. The predicted octanol–water partition coefficient (Wildman–Crippen LogP) is 1.61. The lowest BCUT2D eigenvalue weighted by Crippen LogP contribution is -2.54. The van der Waals surface area contributed by atoms with Gasteiger partial charge >= 0.3 is 0 Å². The van der Waals surface area contributed by atoms with Crippen LogP contribution in [-0.2, 0) is 14.8 Å². The van der Waals surface area contributed by atoms with Crippen LogP contribution in [0.3, 0.4) is 0 Å². The Kier molecular flexibility index (Phi) is 4.23. The molecule has 1 saturated heterocycles. The summed E-state index contributed by atoms with van der Waals surface area (Å²) >= 11 is 0. The van der Waals surface area contributed by atoms with Crippen molar-refractivity contribution >= 4 is 21.6 Å². The molecule has 1 amide bonds. The van der Waals surface area contributed by atoms with Crippen molar-refractivity contribution < 1.29 is 17.9 Å². The number of hydrogen-bond donors (Lipinski definition) is 0. The van der Waals surface area contributed by atoms with E-state index in [1.807, 2.05) is 11.8 Å². The lowest BCUT2D eigenvalue weighted by atomic mass is 10.0. The number of sulfonamides is 1. The molecule has 2 atom stereocenters. The molecule has 3 rings (SSSR count). The highest BCUT2D eigenvalue weighted by atomic mass is 32.2.